The lowest BCUT2D eigenvalue weighted by Gasteiger charge is -2.55. The number of rotatable bonds is 5. The first-order valence-electron chi connectivity index (χ1n) is 8.85. The molecule has 0 radical (unpaired) electrons. The molecule has 2 saturated heterocycles. The van der Waals surface area contributed by atoms with Crippen LogP contribution in [-0.2, 0) is 24.6 Å². The second kappa shape index (κ2) is 7.63. The highest BCUT2D eigenvalue weighted by molar-refractivity contribution is 8.00. The van der Waals surface area contributed by atoms with Crippen LogP contribution in [0.2, 0.25) is 0 Å². The van der Waals surface area contributed by atoms with Crippen LogP contribution in [0.1, 0.15) is 18.9 Å². The van der Waals surface area contributed by atoms with Gasteiger partial charge in [-0.15, -0.1) is 33.3 Å². The van der Waals surface area contributed by atoms with Crippen LogP contribution >= 0.6 is 34.4 Å². The molecule has 0 aliphatic carbocycles. The van der Waals surface area contributed by atoms with Gasteiger partial charge in [-0.1, -0.05) is 11.3 Å². The number of hydrogen-bond acceptors (Lipinski definition) is 9. The van der Waals surface area contributed by atoms with Gasteiger partial charge in [0.15, 0.2) is 0 Å². The van der Waals surface area contributed by atoms with Crippen molar-refractivity contribution in [2.45, 2.75) is 30.7 Å². The van der Waals surface area contributed by atoms with Crippen molar-refractivity contribution in [3.63, 3.8) is 0 Å². The van der Waals surface area contributed by atoms with Gasteiger partial charge in [0.1, 0.15) is 21.8 Å². The zero-order chi connectivity index (χ0) is 21.6. The third-order valence-corrected chi connectivity index (χ3v) is 8.37. The molecule has 0 bridgehead atoms. The Morgan fingerprint density at radius 3 is 2.70 bits per heavy atom. The van der Waals surface area contributed by atoms with E-state index in [-0.39, 0.29) is 45.5 Å². The maximum atomic E-state index is 13.0. The molecule has 0 spiro atoms. The summed E-state index contributed by atoms with van der Waals surface area (Å²) in [5.74, 6) is -1.82. The number of carboxylic acids is 1. The quantitative estimate of drug-likeness (QED) is 0.627. The molecular weight excluding hydrogens is 450 g/mol. The van der Waals surface area contributed by atoms with Crippen LogP contribution in [0.5, 0.6) is 0 Å². The number of fused-ring (bicyclic) bond motifs is 1. The summed E-state index contributed by atoms with van der Waals surface area (Å²) in [4.78, 5) is 51.7. The summed E-state index contributed by atoms with van der Waals surface area (Å²) in [6.45, 7) is 2.66. The fraction of sp³-hybridized carbons (Fsp3) is 0.412. The van der Waals surface area contributed by atoms with Gasteiger partial charge in [0, 0.05) is 26.1 Å². The lowest BCUT2D eigenvalue weighted by Crippen LogP contribution is -2.75. The molecule has 3 atom stereocenters. The normalized spacial score (nSPS) is 25.3. The van der Waals surface area contributed by atoms with Crippen molar-refractivity contribution < 1.29 is 24.3 Å². The SMILES string of the molecule is CC(=O)Nc1nnc(C2(C(=O)O)CS[C@@H]3C(N(C(C)=O)c4cccs4)C(=O)N3C2)s1. The minimum atomic E-state index is -1.43. The monoisotopic (exact) mass is 467 g/mol. The Balaban J connectivity index is 1.59. The molecule has 3 amide bonds. The molecule has 158 valence electrons. The van der Waals surface area contributed by atoms with E-state index in [0.29, 0.717) is 5.00 Å². The van der Waals surface area contributed by atoms with E-state index in [1.165, 1.54) is 46.7 Å². The molecule has 2 unspecified atom stereocenters. The number of hydrogen-bond donors (Lipinski definition) is 2. The highest BCUT2D eigenvalue weighted by atomic mass is 32.2. The van der Waals surface area contributed by atoms with Crippen LogP contribution in [-0.4, -0.2) is 67.6 Å². The first-order valence-corrected chi connectivity index (χ1v) is 11.6. The Bertz CT molecular complexity index is 1020. The number of aliphatic carboxylic acids is 1. The first-order chi connectivity index (χ1) is 14.2. The average Bonchev–Trinajstić information content (AvgIpc) is 3.36. The lowest BCUT2D eigenvalue weighted by molar-refractivity contribution is -0.153. The van der Waals surface area contributed by atoms with E-state index in [1.54, 1.807) is 6.07 Å². The number of thiophene rings is 1. The molecule has 4 rings (SSSR count). The van der Waals surface area contributed by atoms with Gasteiger partial charge < -0.3 is 15.3 Å². The number of carbonyl (C=O) groups excluding carboxylic acids is 3. The Morgan fingerprint density at radius 1 is 1.33 bits per heavy atom. The molecule has 0 aromatic carbocycles. The highest BCUT2D eigenvalue weighted by Gasteiger charge is 2.61. The molecule has 2 aromatic heterocycles. The van der Waals surface area contributed by atoms with Crippen LogP contribution in [0.15, 0.2) is 17.5 Å². The molecule has 2 aliphatic heterocycles. The predicted molar refractivity (Wildman–Crippen MR) is 113 cm³/mol. The maximum absolute atomic E-state index is 13.0. The Hall–Kier alpha value is -2.51. The van der Waals surface area contributed by atoms with Gasteiger partial charge >= 0.3 is 5.97 Å². The molecular formula is C17H17N5O5S3. The topological polar surface area (TPSA) is 133 Å². The van der Waals surface area contributed by atoms with Crippen LogP contribution in [0.4, 0.5) is 10.1 Å². The molecule has 2 aromatic rings. The molecule has 2 N–H and O–H groups in total. The molecule has 30 heavy (non-hydrogen) atoms. The number of aromatic nitrogens is 2. The smallest absolute Gasteiger partial charge is 0.319 e. The minimum absolute atomic E-state index is 0.0692. The van der Waals surface area contributed by atoms with Crippen molar-refractivity contribution in [2.75, 3.05) is 22.5 Å². The molecule has 13 heteroatoms. The van der Waals surface area contributed by atoms with E-state index in [4.69, 9.17) is 0 Å². The van der Waals surface area contributed by atoms with Gasteiger partial charge in [-0.2, -0.15) is 0 Å². The Labute approximate surface area is 183 Å². The molecule has 10 nitrogen and oxygen atoms in total. The van der Waals surface area contributed by atoms with Crippen LogP contribution in [0.3, 0.4) is 0 Å². The van der Waals surface area contributed by atoms with Gasteiger partial charge in [-0.25, -0.2) is 0 Å². The number of nitrogens with one attached hydrogen (secondary N) is 1. The maximum Gasteiger partial charge on any atom is 0.319 e. The number of anilines is 2. The highest BCUT2D eigenvalue weighted by Crippen LogP contribution is 2.47. The Morgan fingerprint density at radius 2 is 2.10 bits per heavy atom. The fourth-order valence-corrected chi connectivity index (χ4v) is 6.97. The Kier molecular flexibility index (Phi) is 5.28. The average molecular weight is 468 g/mol. The molecule has 0 saturated carbocycles. The number of carbonyl (C=O) groups is 4. The summed E-state index contributed by atoms with van der Waals surface area (Å²) in [6, 6.07) is 2.92. The standard InChI is InChI=1S/C17H17N5O5S3/c1-8(23)18-16-20-19-14(30-16)17(15(26)27)6-21-12(25)11(13(21)29-7-17)22(9(2)24)10-4-3-5-28-10/h3-5,11,13H,6-7H2,1-2H3,(H,26,27)(H,18,20,23)/t11?,13-,17?/m1/s1. The predicted octanol–water partition coefficient (Wildman–Crippen LogP) is 1.22. The van der Waals surface area contributed by atoms with Gasteiger partial charge in [-0.05, 0) is 17.5 Å². The van der Waals surface area contributed by atoms with Crippen molar-refractivity contribution in [3.05, 3.63) is 22.5 Å². The van der Waals surface area contributed by atoms with E-state index in [2.05, 4.69) is 15.5 Å². The third-order valence-electron chi connectivity index (χ3n) is 4.94. The van der Waals surface area contributed by atoms with Crippen molar-refractivity contribution in [2.24, 2.45) is 0 Å². The summed E-state index contributed by atoms with van der Waals surface area (Å²) in [5.41, 5.74) is -1.43. The van der Waals surface area contributed by atoms with Crippen molar-refractivity contribution >= 4 is 68.3 Å². The number of amides is 3. The second-order valence-electron chi connectivity index (χ2n) is 6.93. The third kappa shape index (κ3) is 3.26. The summed E-state index contributed by atoms with van der Waals surface area (Å²) in [6.07, 6.45) is 0. The molecule has 2 aliphatic rings. The summed E-state index contributed by atoms with van der Waals surface area (Å²) >= 11 is 3.66. The summed E-state index contributed by atoms with van der Waals surface area (Å²) < 4.78 is 0. The first kappa shape index (κ1) is 20.8. The van der Waals surface area contributed by atoms with Gasteiger partial charge in [-0.3, -0.25) is 24.1 Å². The van der Waals surface area contributed by atoms with Gasteiger partial charge in [0.25, 0.3) is 0 Å². The number of thioether (sulfide) groups is 1. The van der Waals surface area contributed by atoms with Crippen LogP contribution < -0.4 is 10.2 Å². The number of carboxylic acid groups (broad SMARTS) is 1. The van der Waals surface area contributed by atoms with Crippen molar-refractivity contribution in [1.82, 2.24) is 15.1 Å². The molecule has 2 fully saturated rings. The second-order valence-corrected chi connectivity index (χ2v) is 9.94. The fourth-order valence-electron chi connectivity index (χ4n) is 3.52. The zero-order valence-corrected chi connectivity index (χ0v) is 18.3. The number of nitrogens with zero attached hydrogens (tertiary/aromatic N) is 4. The van der Waals surface area contributed by atoms with E-state index < -0.39 is 17.4 Å². The van der Waals surface area contributed by atoms with Crippen LogP contribution in [0, 0.1) is 0 Å². The largest absolute Gasteiger partial charge is 0.480 e. The van der Waals surface area contributed by atoms with E-state index in [9.17, 15) is 24.3 Å². The van der Waals surface area contributed by atoms with E-state index in [1.807, 2.05) is 11.4 Å². The zero-order valence-electron chi connectivity index (χ0n) is 15.9. The number of β-lactam (4-membered cyclic amide) rings is 1. The minimum Gasteiger partial charge on any atom is -0.480 e. The van der Waals surface area contributed by atoms with Crippen molar-refractivity contribution in [1.29, 1.82) is 0 Å². The van der Waals surface area contributed by atoms with Crippen LogP contribution in [0.25, 0.3) is 0 Å². The summed E-state index contributed by atoms with van der Waals surface area (Å²) in [5, 5.41) is 22.9. The van der Waals surface area contributed by atoms with Gasteiger partial charge in [0.05, 0.1) is 5.00 Å². The summed E-state index contributed by atoms with van der Waals surface area (Å²) in [7, 11) is 0. The van der Waals surface area contributed by atoms with E-state index >= 15 is 0 Å². The lowest BCUT2D eigenvalue weighted by atomic mass is 9.87. The molecule has 4 heterocycles. The van der Waals surface area contributed by atoms with Crippen molar-refractivity contribution in [3.8, 4) is 0 Å². The van der Waals surface area contributed by atoms with E-state index in [0.717, 1.165) is 11.3 Å². The van der Waals surface area contributed by atoms with Gasteiger partial charge in [0.2, 0.25) is 22.9 Å².